The molecule has 10 heteroatoms. The lowest BCUT2D eigenvalue weighted by Crippen LogP contribution is -2.18. The van der Waals surface area contributed by atoms with Gasteiger partial charge in [0.2, 0.25) is 0 Å². The number of pyridine rings is 1. The number of halogens is 3. The lowest BCUT2D eigenvalue weighted by Gasteiger charge is -2.10. The van der Waals surface area contributed by atoms with E-state index in [1.165, 1.54) is 6.07 Å². The van der Waals surface area contributed by atoms with Gasteiger partial charge < -0.3 is 10.1 Å². The largest absolute Gasteiger partial charge is 0.416 e. The van der Waals surface area contributed by atoms with Crippen molar-refractivity contribution in [1.82, 2.24) is 25.3 Å². The molecule has 0 fully saturated rings. The van der Waals surface area contributed by atoms with Gasteiger partial charge in [-0.05, 0) is 36.8 Å². The van der Waals surface area contributed by atoms with Crippen molar-refractivity contribution in [2.75, 3.05) is 26.0 Å². The van der Waals surface area contributed by atoms with Crippen LogP contribution >= 0.6 is 11.8 Å². The maximum absolute atomic E-state index is 12.9. The average molecular weight is 468 g/mol. The van der Waals surface area contributed by atoms with Crippen molar-refractivity contribution in [3.05, 3.63) is 47.9 Å². The molecule has 1 aromatic carbocycles. The van der Waals surface area contributed by atoms with Crippen LogP contribution in [-0.2, 0) is 24.0 Å². The molecule has 6 nitrogen and oxygen atoms in total. The van der Waals surface area contributed by atoms with Gasteiger partial charge in [-0.1, -0.05) is 24.1 Å². The first-order chi connectivity index (χ1) is 15.5. The Morgan fingerprint density at radius 3 is 2.78 bits per heavy atom. The third-order valence-corrected chi connectivity index (χ3v) is 6.10. The van der Waals surface area contributed by atoms with Crippen molar-refractivity contribution in [1.29, 1.82) is 0 Å². The fourth-order valence-electron chi connectivity index (χ4n) is 3.26. The number of unbranched alkanes of at least 4 members (excludes halogenated alkanes) is 3. The molecule has 3 rings (SSSR count). The third kappa shape index (κ3) is 7.46. The summed E-state index contributed by atoms with van der Waals surface area (Å²) in [5.74, 6) is 0.917. The minimum Gasteiger partial charge on any atom is -0.383 e. The minimum atomic E-state index is -4.35. The van der Waals surface area contributed by atoms with E-state index in [-0.39, 0.29) is 0 Å². The van der Waals surface area contributed by atoms with Gasteiger partial charge >= 0.3 is 6.18 Å². The molecule has 0 saturated carbocycles. The van der Waals surface area contributed by atoms with Crippen LogP contribution in [0.2, 0.25) is 0 Å². The summed E-state index contributed by atoms with van der Waals surface area (Å²) in [4.78, 5) is 5.07. The molecule has 0 unspecified atom stereocenters. The number of nitrogens with zero attached hydrogens (tertiary/aromatic N) is 4. The second-order valence-electron chi connectivity index (χ2n) is 7.44. The highest BCUT2D eigenvalue weighted by Crippen LogP contribution is 2.33. The molecule has 0 saturated heterocycles. The summed E-state index contributed by atoms with van der Waals surface area (Å²) >= 11 is 1.67. The first kappa shape index (κ1) is 24.5. The van der Waals surface area contributed by atoms with Crippen molar-refractivity contribution in [2.45, 2.75) is 49.8 Å². The van der Waals surface area contributed by atoms with E-state index in [1.807, 2.05) is 16.9 Å². The molecular formula is C22H28F3N5OS. The van der Waals surface area contributed by atoms with Crippen LogP contribution in [0, 0.1) is 0 Å². The molecule has 2 aromatic heterocycles. The van der Waals surface area contributed by atoms with Crippen molar-refractivity contribution >= 4 is 22.7 Å². The van der Waals surface area contributed by atoms with Crippen molar-refractivity contribution in [2.24, 2.45) is 0 Å². The minimum absolute atomic E-state index is 0.380. The number of aryl methyl sites for hydroxylation is 1. The monoisotopic (exact) mass is 467 g/mol. The van der Waals surface area contributed by atoms with E-state index < -0.39 is 11.7 Å². The number of alkyl halides is 3. The van der Waals surface area contributed by atoms with Gasteiger partial charge in [-0.2, -0.15) is 13.2 Å². The summed E-state index contributed by atoms with van der Waals surface area (Å²) in [5.41, 5.74) is 0.636. The lowest BCUT2D eigenvalue weighted by molar-refractivity contribution is -0.137. The van der Waals surface area contributed by atoms with Gasteiger partial charge in [0.15, 0.2) is 0 Å². The molecule has 0 amide bonds. The second kappa shape index (κ2) is 12.2. The predicted molar refractivity (Wildman–Crippen MR) is 120 cm³/mol. The van der Waals surface area contributed by atoms with E-state index in [1.54, 1.807) is 25.1 Å². The van der Waals surface area contributed by atoms with Gasteiger partial charge in [0.1, 0.15) is 0 Å². The Balaban J connectivity index is 1.35. The Labute approximate surface area is 189 Å². The average Bonchev–Trinajstić information content (AvgIpc) is 3.23. The van der Waals surface area contributed by atoms with E-state index in [0.29, 0.717) is 18.7 Å². The molecule has 32 heavy (non-hydrogen) atoms. The number of methoxy groups -OCH3 is 1. The number of nitrogens with one attached hydrogen (secondary N) is 1. The van der Waals surface area contributed by atoms with Gasteiger partial charge in [0.05, 0.1) is 23.4 Å². The molecule has 0 spiro atoms. The Morgan fingerprint density at radius 2 is 1.97 bits per heavy atom. The van der Waals surface area contributed by atoms with Crippen LogP contribution < -0.4 is 5.32 Å². The van der Waals surface area contributed by atoms with Gasteiger partial charge in [-0.3, -0.25) is 9.67 Å². The topological polar surface area (TPSA) is 64.9 Å². The molecule has 1 N–H and O–H groups in total. The van der Waals surface area contributed by atoms with Crippen LogP contribution in [0.5, 0.6) is 0 Å². The highest BCUT2D eigenvalue weighted by atomic mass is 32.2. The number of hydrogen-bond acceptors (Lipinski definition) is 6. The summed E-state index contributed by atoms with van der Waals surface area (Å²) in [5, 5.41) is 12.3. The van der Waals surface area contributed by atoms with Crippen LogP contribution in [0.4, 0.5) is 13.2 Å². The van der Waals surface area contributed by atoms with Crippen molar-refractivity contribution < 1.29 is 17.9 Å². The molecule has 0 aliphatic heterocycles. The van der Waals surface area contributed by atoms with E-state index in [4.69, 9.17) is 4.74 Å². The van der Waals surface area contributed by atoms with Gasteiger partial charge in [0, 0.05) is 49.4 Å². The number of fused-ring (bicyclic) bond motifs is 1. The number of aromatic nitrogens is 4. The van der Waals surface area contributed by atoms with E-state index >= 15 is 0 Å². The fraction of sp³-hybridized carbons (Fsp3) is 0.500. The lowest BCUT2D eigenvalue weighted by atomic mass is 10.1. The van der Waals surface area contributed by atoms with Crippen LogP contribution in [0.1, 0.15) is 36.9 Å². The summed E-state index contributed by atoms with van der Waals surface area (Å²) in [6.07, 6.45) is 3.44. The molecule has 2 heterocycles. The van der Waals surface area contributed by atoms with Crippen LogP contribution in [-0.4, -0.2) is 46.0 Å². The highest BCUT2D eigenvalue weighted by molar-refractivity contribution is 7.99. The van der Waals surface area contributed by atoms with Crippen molar-refractivity contribution in [3.63, 3.8) is 0 Å². The van der Waals surface area contributed by atoms with E-state index in [9.17, 15) is 13.2 Å². The molecule has 3 aromatic rings. The molecular weight excluding hydrogens is 439 g/mol. The van der Waals surface area contributed by atoms with E-state index in [0.717, 1.165) is 72.6 Å². The van der Waals surface area contributed by atoms with Gasteiger partial charge in [0.25, 0.3) is 0 Å². The van der Waals surface area contributed by atoms with Crippen LogP contribution in [0.3, 0.4) is 0 Å². The number of hydrogen-bond donors (Lipinski definition) is 1. The zero-order valence-corrected chi connectivity index (χ0v) is 18.9. The van der Waals surface area contributed by atoms with Crippen molar-refractivity contribution in [3.8, 4) is 0 Å². The molecule has 0 aliphatic carbocycles. The van der Waals surface area contributed by atoms with Crippen LogP contribution in [0.15, 0.2) is 41.6 Å². The zero-order valence-electron chi connectivity index (χ0n) is 18.1. The first-order valence-electron chi connectivity index (χ1n) is 10.6. The SMILES string of the molecule is COCCNCc1cn(CCCCCCSc2ccnc3cc(C(F)(F)F)ccc23)nn1. The Kier molecular flexibility index (Phi) is 9.31. The first-order valence-corrected chi connectivity index (χ1v) is 11.6. The normalized spacial score (nSPS) is 12.0. The number of thioether (sulfide) groups is 1. The highest BCUT2D eigenvalue weighted by Gasteiger charge is 2.30. The summed E-state index contributed by atoms with van der Waals surface area (Å²) in [6, 6.07) is 5.63. The molecule has 0 atom stereocenters. The number of ether oxygens (including phenoxy) is 1. The second-order valence-corrected chi connectivity index (χ2v) is 8.58. The molecule has 0 radical (unpaired) electrons. The molecule has 0 aliphatic rings. The van der Waals surface area contributed by atoms with Crippen LogP contribution in [0.25, 0.3) is 10.9 Å². The molecule has 174 valence electrons. The zero-order chi connectivity index (χ0) is 22.8. The summed E-state index contributed by atoms with van der Waals surface area (Å²) in [7, 11) is 1.67. The molecule has 0 bridgehead atoms. The maximum atomic E-state index is 12.9. The smallest absolute Gasteiger partial charge is 0.383 e. The summed E-state index contributed by atoms with van der Waals surface area (Å²) in [6.45, 7) is 2.98. The Bertz CT molecular complexity index is 980. The Hall–Kier alpha value is -2.17. The van der Waals surface area contributed by atoms with Gasteiger partial charge in [-0.25, -0.2) is 0 Å². The predicted octanol–water partition coefficient (Wildman–Crippen LogP) is 4.93. The fourth-order valence-corrected chi connectivity index (χ4v) is 4.31. The van der Waals surface area contributed by atoms with E-state index in [2.05, 4.69) is 20.6 Å². The third-order valence-electron chi connectivity index (χ3n) is 4.94. The van der Waals surface area contributed by atoms with Gasteiger partial charge in [-0.15, -0.1) is 16.9 Å². The number of benzene rings is 1. The summed E-state index contributed by atoms with van der Waals surface area (Å²) < 4.78 is 45.6. The number of rotatable bonds is 13. The standard InChI is InChI=1S/C22H28F3N5OS/c1-31-12-10-26-15-18-16-30(29-28-18)11-4-2-3-5-13-32-21-8-9-27-20-14-17(22(23,24)25)6-7-19(20)21/h6-9,14,16,26H,2-5,10-13,15H2,1H3. The Morgan fingerprint density at radius 1 is 1.12 bits per heavy atom. The maximum Gasteiger partial charge on any atom is 0.416 e. The quantitative estimate of drug-likeness (QED) is 0.284.